The molecule has 6 heteroatoms. The fraction of sp³-hybridized carbons (Fsp3) is 0.200. The van der Waals surface area contributed by atoms with E-state index in [-0.39, 0.29) is 11.3 Å². The maximum absolute atomic E-state index is 15.2. The van der Waals surface area contributed by atoms with Gasteiger partial charge in [-0.2, -0.15) is 8.78 Å². The third kappa shape index (κ3) is 5.93. The van der Waals surface area contributed by atoms with Gasteiger partial charge in [0.2, 0.25) is 0 Å². The molecule has 0 heterocycles. The SMILES string of the molecule is C/C=C/CCc1cc(F)c(-c2ccc3c(F)c(CCc4ccc(OC(F)F)cc4)ccc3c2)c(F)c1. The quantitative estimate of drug-likeness (QED) is 0.166. The fourth-order valence-electron chi connectivity index (χ4n) is 4.26. The van der Waals surface area contributed by atoms with Crippen molar-refractivity contribution in [2.24, 2.45) is 0 Å². The number of hydrogen-bond donors (Lipinski definition) is 0. The minimum atomic E-state index is -2.89. The molecule has 4 aromatic rings. The Kier molecular flexibility index (Phi) is 8.04. The molecular weight excluding hydrogens is 471 g/mol. The zero-order valence-electron chi connectivity index (χ0n) is 19.7. The van der Waals surface area contributed by atoms with Crippen LogP contribution in [0.15, 0.2) is 78.9 Å². The molecule has 0 aliphatic heterocycles. The lowest BCUT2D eigenvalue weighted by atomic mass is 9.95. The van der Waals surface area contributed by atoms with E-state index < -0.39 is 24.1 Å². The van der Waals surface area contributed by atoms with Gasteiger partial charge in [-0.15, -0.1) is 0 Å². The smallest absolute Gasteiger partial charge is 0.387 e. The molecule has 0 atom stereocenters. The summed E-state index contributed by atoms with van der Waals surface area (Å²) in [4.78, 5) is 0. The summed E-state index contributed by atoms with van der Waals surface area (Å²) in [6.45, 7) is -0.992. The Hall–Kier alpha value is -3.67. The van der Waals surface area contributed by atoms with Crippen LogP contribution >= 0.6 is 0 Å². The van der Waals surface area contributed by atoms with E-state index >= 15 is 4.39 Å². The van der Waals surface area contributed by atoms with Crippen molar-refractivity contribution in [2.75, 3.05) is 0 Å². The highest BCUT2D eigenvalue weighted by Crippen LogP contribution is 2.32. The van der Waals surface area contributed by atoms with Crippen LogP contribution in [-0.4, -0.2) is 6.61 Å². The molecule has 0 aliphatic carbocycles. The van der Waals surface area contributed by atoms with Crippen molar-refractivity contribution in [3.8, 4) is 16.9 Å². The summed E-state index contributed by atoms with van der Waals surface area (Å²) in [6.07, 6.45) is 5.98. The number of rotatable bonds is 9. The van der Waals surface area contributed by atoms with Crippen LogP contribution in [0.4, 0.5) is 22.0 Å². The summed E-state index contributed by atoms with van der Waals surface area (Å²) in [7, 11) is 0. The second kappa shape index (κ2) is 11.4. The number of halogens is 5. The monoisotopic (exact) mass is 496 g/mol. The largest absolute Gasteiger partial charge is 0.435 e. The first-order valence-corrected chi connectivity index (χ1v) is 11.7. The van der Waals surface area contributed by atoms with Crippen LogP contribution in [0.5, 0.6) is 5.75 Å². The van der Waals surface area contributed by atoms with Gasteiger partial charge < -0.3 is 4.74 Å². The van der Waals surface area contributed by atoms with Crippen molar-refractivity contribution < 1.29 is 26.7 Å². The summed E-state index contributed by atoms with van der Waals surface area (Å²) >= 11 is 0. The van der Waals surface area contributed by atoms with Gasteiger partial charge in [-0.3, -0.25) is 0 Å². The van der Waals surface area contributed by atoms with Gasteiger partial charge >= 0.3 is 6.61 Å². The Morgan fingerprint density at radius 2 is 1.50 bits per heavy atom. The van der Waals surface area contributed by atoms with Crippen LogP contribution in [0.1, 0.15) is 30.0 Å². The first-order chi connectivity index (χ1) is 17.4. The Labute approximate surface area is 206 Å². The molecule has 1 nitrogen and oxygen atoms in total. The molecule has 0 fully saturated rings. The summed E-state index contributed by atoms with van der Waals surface area (Å²) in [5.74, 6) is -1.62. The van der Waals surface area contributed by atoms with Crippen molar-refractivity contribution in [3.05, 3.63) is 113 Å². The number of hydrogen-bond acceptors (Lipinski definition) is 1. The molecule has 0 bridgehead atoms. The van der Waals surface area contributed by atoms with Crippen LogP contribution in [-0.2, 0) is 19.3 Å². The third-order valence-electron chi connectivity index (χ3n) is 6.09. The van der Waals surface area contributed by atoms with E-state index in [1.54, 1.807) is 36.4 Å². The Morgan fingerprint density at radius 1 is 0.778 bits per heavy atom. The van der Waals surface area contributed by atoms with E-state index in [2.05, 4.69) is 4.74 Å². The molecule has 0 saturated carbocycles. The molecule has 0 radical (unpaired) electrons. The number of aryl methyl sites for hydroxylation is 3. The maximum Gasteiger partial charge on any atom is 0.387 e. The van der Waals surface area contributed by atoms with Gasteiger partial charge in [-0.05, 0) is 90.6 Å². The molecule has 0 spiro atoms. The van der Waals surface area contributed by atoms with Crippen molar-refractivity contribution in [3.63, 3.8) is 0 Å². The van der Waals surface area contributed by atoms with Crippen LogP contribution in [0.3, 0.4) is 0 Å². The standard InChI is InChI=1S/C30H25F5O/c1-2-3-4-5-20-16-26(31)28(27(32)17-20)23-12-15-25-22(18-23)11-10-21(29(25)33)9-6-19-7-13-24(14-8-19)36-30(34)35/h2-3,7-8,10-18,30H,4-6,9H2,1H3/b3-2+. The molecule has 186 valence electrons. The first-order valence-electron chi connectivity index (χ1n) is 11.7. The lowest BCUT2D eigenvalue weighted by Gasteiger charge is -2.11. The Bertz CT molecular complexity index is 1350. The second-order valence-corrected chi connectivity index (χ2v) is 8.54. The molecule has 36 heavy (non-hydrogen) atoms. The first kappa shape index (κ1) is 25.4. The summed E-state index contributed by atoms with van der Waals surface area (Å²) in [6, 6.07) is 17.0. The van der Waals surface area contributed by atoms with Gasteiger partial charge in [0.05, 0.1) is 5.56 Å². The molecule has 4 rings (SSSR count). The second-order valence-electron chi connectivity index (χ2n) is 8.54. The van der Waals surface area contributed by atoms with Gasteiger partial charge in [0.1, 0.15) is 23.2 Å². The lowest BCUT2D eigenvalue weighted by molar-refractivity contribution is -0.0498. The number of fused-ring (bicyclic) bond motifs is 1. The molecule has 4 aromatic carbocycles. The normalized spacial score (nSPS) is 11.6. The summed E-state index contributed by atoms with van der Waals surface area (Å²) in [5, 5.41) is 0.902. The van der Waals surface area contributed by atoms with Crippen LogP contribution in [0.25, 0.3) is 21.9 Å². The predicted octanol–water partition coefficient (Wildman–Crippen LogP) is 8.82. The van der Waals surface area contributed by atoms with Gasteiger partial charge in [0.15, 0.2) is 0 Å². The van der Waals surface area contributed by atoms with Crippen molar-refractivity contribution >= 4 is 10.8 Å². The third-order valence-corrected chi connectivity index (χ3v) is 6.09. The van der Waals surface area contributed by atoms with E-state index in [1.807, 2.05) is 19.1 Å². The number of ether oxygens (including phenoxy) is 1. The molecule has 0 amide bonds. The number of allylic oxidation sites excluding steroid dienone is 2. The highest BCUT2D eigenvalue weighted by atomic mass is 19.3. The zero-order valence-corrected chi connectivity index (χ0v) is 19.7. The number of benzene rings is 4. The van der Waals surface area contributed by atoms with E-state index in [1.165, 1.54) is 30.3 Å². The zero-order chi connectivity index (χ0) is 25.7. The molecular formula is C30H25F5O. The topological polar surface area (TPSA) is 9.23 Å². The van der Waals surface area contributed by atoms with E-state index in [9.17, 15) is 17.6 Å². The van der Waals surface area contributed by atoms with Gasteiger partial charge in [-0.1, -0.05) is 48.6 Å². The van der Waals surface area contributed by atoms with Gasteiger partial charge in [-0.25, -0.2) is 13.2 Å². The average molecular weight is 497 g/mol. The van der Waals surface area contributed by atoms with Crippen LogP contribution < -0.4 is 4.74 Å². The van der Waals surface area contributed by atoms with Crippen molar-refractivity contribution in [1.82, 2.24) is 0 Å². The fourth-order valence-corrected chi connectivity index (χ4v) is 4.26. The minimum absolute atomic E-state index is 0.0672. The summed E-state index contributed by atoms with van der Waals surface area (Å²) < 4.78 is 73.8. The van der Waals surface area contributed by atoms with Crippen LogP contribution in [0, 0.1) is 17.5 Å². The van der Waals surface area contributed by atoms with Crippen LogP contribution in [0.2, 0.25) is 0 Å². The molecule has 0 N–H and O–H groups in total. The van der Waals surface area contributed by atoms with E-state index in [4.69, 9.17) is 0 Å². The summed E-state index contributed by atoms with van der Waals surface area (Å²) in [5.41, 5.74) is 2.14. The van der Waals surface area contributed by atoms with Crippen molar-refractivity contribution in [1.29, 1.82) is 0 Å². The lowest BCUT2D eigenvalue weighted by Crippen LogP contribution is -2.02. The highest BCUT2D eigenvalue weighted by Gasteiger charge is 2.15. The average Bonchev–Trinajstić information content (AvgIpc) is 2.84. The van der Waals surface area contributed by atoms with E-state index in [0.29, 0.717) is 53.1 Å². The molecule has 0 unspecified atom stereocenters. The minimum Gasteiger partial charge on any atom is -0.435 e. The Balaban J connectivity index is 1.53. The molecule has 0 aliphatic rings. The predicted molar refractivity (Wildman–Crippen MR) is 133 cm³/mol. The van der Waals surface area contributed by atoms with E-state index in [0.717, 1.165) is 5.56 Å². The molecule has 0 aromatic heterocycles. The van der Waals surface area contributed by atoms with Gasteiger partial charge in [0, 0.05) is 5.39 Å². The number of alkyl halides is 2. The highest BCUT2D eigenvalue weighted by molar-refractivity contribution is 5.88. The van der Waals surface area contributed by atoms with Gasteiger partial charge in [0.25, 0.3) is 0 Å². The van der Waals surface area contributed by atoms with Crippen molar-refractivity contribution in [2.45, 2.75) is 39.2 Å². The molecule has 0 saturated heterocycles. The maximum atomic E-state index is 15.2. The Morgan fingerprint density at radius 3 is 2.17 bits per heavy atom.